The summed E-state index contributed by atoms with van der Waals surface area (Å²) in [7, 11) is 0. The Balaban J connectivity index is 2.18. The molecule has 5 heteroatoms. The van der Waals surface area contributed by atoms with E-state index in [1.165, 1.54) is 0 Å². The lowest BCUT2D eigenvalue weighted by Gasteiger charge is -2.07. The molecule has 1 aromatic carbocycles. The fourth-order valence-electron chi connectivity index (χ4n) is 1.73. The molecule has 1 aliphatic rings. The minimum Gasteiger partial charge on any atom is -0.338 e. The molecule has 2 N–H and O–H groups in total. The van der Waals surface area contributed by atoms with Gasteiger partial charge in [0.2, 0.25) is 0 Å². The van der Waals surface area contributed by atoms with E-state index in [0.717, 1.165) is 5.69 Å². The summed E-state index contributed by atoms with van der Waals surface area (Å²) in [5, 5.41) is 6.50. The first-order valence-electron chi connectivity index (χ1n) is 5.07. The highest BCUT2D eigenvalue weighted by Gasteiger charge is 2.19. The third kappa shape index (κ3) is 1.72. The van der Waals surface area contributed by atoms with Gasteiger partial charge < -0.3 is 10.6 Å². The molecule has 1 amide bonds. The lowest BCUT2D eigenvalue weighted by molar-refractivity contribution is 0.102. The summed E-state index contributed by atoms with van der Waals surface area (Å²) in [6, 6.07) is 8.68. The number of hydrogen-bond acceptors (Lipinski definition) is 3. The van der Waals surface area contributed by atoms with Gasteiger partial charge in [-0.25, -0.2) is 4.98 Å². The van der Waals surface area contributed by atoms with Crippen LogP contribution < -0.4 is 10.6 Å². The molecule has 0 radical (unpaired) electrons. The van der Waals surface area contributed by atoms with Crippen LogP contribution in [-0.2, 0) is 0 Å². The molecule has 17 heavy (non-hydrogen) atoms. The molecular weight excluding hydrogens is 238 g/mol. The fourth-order valence-corrected chi connectivity index (χ4v) is 1.91. The zero-order valence-corrected chi connectivity index (χ0v) is 9.45. The smallest absolute Gasteiger partial charge is 0.259 e. The third-order valence-corrected chi connectivity index (χ3v) is 2.77. The molecule has 4 nitrogen and oxygen atoms in total. The summed E-state index contributed by atoms with van der Waals surface area (Å²) in [4.78, 5) is 16.1. The van der Waals surface area contributed by atoms with E-state index in [1.807, 2.05) is 0 Å². The SMILES string of the molecule is O=C1Nc2ccc(Cl)cc2Nc2ncccc21. The van der Waals surface area contributed by atoms with Crippen LogP contribution in [0.25, 0.3) is 0 Å². The Kier molecular flexibility index (Phi) is 2.23. The van der Waals surface area contributed by atoms with E-state index >= 15 is 0 Å². The van der Waals surface area contributed by atoms with Crippen molar-refractivity contribution in [2.24, 2.45) is 0 Å². The summed E-state index contributed by atoms with van der Waals surface area (Å²) in [6.45, 7) is 0. The highest BCUT2D eigenvalue weighted by atomic mass is 35.5. The second-order valence-corrected chi connectivity index (χ2v) is 4.11. The molecule has 1 aliphatic heterocycles. The minimum absolute atomic E-state index is 0.179. The van der Waals surface area contributed by atoms with E-state index < -0.39 is 0 Å². The summed E-state index contributed by atoms with van der Waals surface area (Å²) >= 11 is 5.92. The van der Waals surface area contributed by atoms with Crippen molar-refractivity contribution in [2.45, 2.75) is 0 Å². The first-order valence-corrected chi connectivity index (χ1v) is 5.45. The van der Waals surface area contributed by atoms with Crippen molar-refractivity contribution in [1.82, 2.24) is 4.98 Å². The van der Waals surface area contributed by atoms with Crippen LogP contribution in [0.5, 0.6) is 0 Å². The number of hydrogen-bond donors (Lipinski definition) is 2. The van der Waals surface area contributed by atoms with Crippen LogP contribution in [0.3, 0.4) is 0 Å². The van der Waals surface area contributed by atoms with Gasteiger partial charge in [0, 0.05) is 11.2 Å². The van der Waals surface area contributed by atoms with Crippen LogP contribution in [0.4, 0.5) is 17.2 Å². The van der Waals surface area contributed by atoms with E-state index in [1.54, 1.807) is 36.5 Å². The molecule has 84 valence electrons. The van der Waals surface area contributed by atoms with Crippen molar-refractivity contribution < 1.29 is 4.79 Å². The number of benzene rings is 1. The summed E-state index contributed by atoms with van der Waals surface area (Å²) in [5.74, 6) is 0.354. The molecule has 0 bridgehead atoms. The maximum absolute atomic E-state index is 11.9. The molecule has 0 atom stereocenters. The van der Waals surface area contributed by atoms with Crippen molar-refractivity contribution in [3.63, 3.8) is 0 Å². The molecule has 2 heterocycles. The van der Waals surface area contributed by atoms with Gasteiger partial charge >= 0.3 is 0 Å². The van der Waals surface area contributed by atoms with Gasteiger partial charge in [0.05, 0.1) is 16.9 Å². The molecule has 2 aromatic rings. The van der Waals surface area contributed by atoms with Crippen LogP contribution in [0, 0.1) is 0 Å². The summed E-state index contributed by atoms with van der Waals surface area (Å²) in [6.07, 6.45) is 1.63. The standard InChI is InChI=1S/C12H8ClN3O/c13-7-3-4-9-10(6-7)15-11-8(12(17)16-9)2-1-5-14-11/h1-6H,(H,14,15)(H,16,17). The molecule has 0 aliphatic carbocycles. The van der Waals surface area contributed by atoms with Crippen molar-refractivity contribution in [1.29, 1.82) is 0 Å². The second kappa shape index (κ2) is 3.75. The average molecular weight is 246 g/mol. The Morgan fingerprint density at radius 2 is 2.00 bits per heavy atom. The van der Waals surface area contributed by atoms with Crippen LogP contribution in [0.1, 0.15) is 10.4 Å². The van der Waals surface area contributed by atoms with E-state index in [-0.39, 0.29) is 5.91 Å². The Morgan fingerprint density at radius 1 is 1.12 bits per heavy atom. The van der Waals surface area contributed by atoms with Gasteiger partial charge in [-0.15, -0.1) is 0 Å². The Hall–Kier alpha value is -2.07. The molecular formula is C12H8ClN3O. The third-order valence-electron chi connectivity index (χ3n) is 2.54. The molecule has 3 rings (SSSR count). The van der Waals surface area contributed by atoms with Crippen LogP contribution in [0.15, 0.2) is 36.5 Å². The van der Waals surface area contributed by atoms with E-state index in [2.05, 4.69) is 15.6 Å². The normalized spacial score (nSPS) is 12.9. The summed E-state index contributed by atoms with van der Waals surface area (Å²) in [5.41, 5.74) is 1.94. The van der Waals surface area contributed by atoms with Gasteiger partial charge in [-0.1, -0.05) is 11.6 Å². The highest BCUT2D eigenvalue weighted by Crippen LogP contribution is 2.32. The largest absolute Gasteiger partial charge is 0.338 e. The Bertz CT molecular complexity index is 612. The van der Waals surface area contributed by atoms with E-state index in [4.69, 9.17) is 11.6 Å². The molecule has 0 saturated heterocycles. The van der Waals surface area contributed by atoms with Gasteiger partial charge in [-0.05, 0) is 30.3 Å². The number of halogens is 1. The van der Waals surface area contributed by atoms with Gasteiger partial charge in [0.15, 0.2) is 0 Å². The molecule has 0 spiro atoms. The molecule has 1 aromatic heterocycles. The maximum atomic E-state index is 11.9. The van der Waals surface area contributed by atoms with Crippen LogP contribution >= 0.6 is 11.6 Å². The van der Waals surface area contributed by atoms with Gasteiger partial charge in [-0.2, -0.15) is 0 Å². The number of carbonyl (C=O) groups is 1. The number of fused-ring (bicyclic) bond motifs is 2. The van der Waals surface area contributed by atoms with E-state index in [0.29, 0.717) is 22.1 Å². The van der Waals surface area contributed by atoms with Crippen LogP contribution in [0.2, 0.25) is 5.02 Å². The number of rotatable bonds is 0. The number of nitrogens with one attached hydrogen (secondary N) is 2. The first-order chi connectivity index (χ1) is 8.24. The number of aromatic nitrogens is 1. The number of anilines is 3. The van der Waals surface area contributed by atoms with Crippen molar-refractivity contribution in [2.75, 3.05) is 10.6 Å². The number of pyridine rings is 1. The lowest BCUT2D eigenvalue weighted by atomic mass is 10.2. The second-order valence-electron chi connectivity index (χ2n) is 3.67. The predicted molar refractivity (Wildman–Crippen MR) is 66.9 cm³/mol. The Morgan fingerprint density at radius 3 is 2.88 bits per heavy atom. The molecule has 0 unspecified atom stereocenters. The van der Waals surface area contributed by atoms with Gasteiger partial charge in [0.25, 0.3) is 5.91 Å². The van der Waals surface area contributed by atoms with Gasteiger partial charge in [0.1, 0.15) is 5.82 Å². The maximum Gasteiger partial charge on any atom is 0.259 e. The lowest BCUT2D eigenvalue weighted by Crippen LogP contribution is -2.10. The fraction of sp³-hybridized carbons (Fsp3) is 0. The quantitative estimate of drug-likeness (QED) is 0.750. The van der Waals surface area contributed by atoms with Crippen molar-refractivity contribution in [3.8, 4) is 0 Å². The van der Waals surface area contributed by atoms with E-state index in [9.17, 15) is 4.79 Å². The predicted octanol–water partition coefficient (Wildman–Crippen LogP) is 3.04. The average Bonchev–Trinajstić information content (AvgIpc) is 2.46. The minimum atomic E-state index is -0.179. The zero-order chi connectivity index (χ0) is 11.8. The Labute approximate surface area is 103 Å². The topological polar surface area (TPSA) is 54.0 Å². The van der Waals surface area contributed by atoms with Crippen LogP contribution in [-0.4, -0.2) is 10.9 Å². The number of nitrogens with zero attached hydrogens (tertiary/aromatic N) is 1. The molecule has 0 saturated carbocycles. The zero-order valence-electron chi connectivity index (χ0n) is 8.70. The summed E-state index contributed by atoms with van der Waals surface area (Å²) < 4.78 is 0. The first kappa shape index (κ1) is 10.1. The highest BCUT2D eigenvalue weighted by molar-refractivity contribution is 6.31. The van der Waals surface area contributed by atoms with Crippen molar-refractivity contribution in [3.05, 3.63) is 47.1 Å². The molecule has 0 fully saturated rings. The number of amides is 1. The number of carbonyl (C=O) groups excluding carboxylic acids is 1. The van der Waals surface area contributed by atoms with Crippen molar-refractivity contribution >= 4 is 34.7 Å². The van der Waals surface area contributed by atoms with Gasteiger partial charge in [-0.3, -0.25) is 4.79 Å². The monoisotopic (exact) mass is 245 g/mol.